The molecule has 1 fully saturated rings. The quantitative estimate of drug-likeness (QED) is 0.902. The standard InChI is InChI=1S/C12H19N5S/c1-3-9-10-11(16(2)15-9)17(12(13)14-10)8-4-6-18-7-5-8/h8H,3-7H2,1-2H3,(H2,13,14). The van der Waals surface area contributed by atoms with Crippen molar-refractivity contribution in [3.63, 3.8) is 0 Å². The molecule has 2 aromatic rings. The molecule has 5 nitrogen and oxygen atoms in total. The topological polar surface area (TPSA) is 61.7 Å². The van der Waals surface area contributed by atoms with Gasteiger partial charge in [-0.1, -0.05) is 6.92 Å². The lowest BCUT2D eigenvalue weighted by molar-refractivity contribution is 0.478. The highest BCUT2D eigenvalue weighted by Gasteiger charge is 2.24. The van der Waals surface area contributed by atoms with Crippen molar-refractivity contribution in [1.82, 2.24) is 19.3 Å². The number of imidazole rings is 1. The van der Waals surface area contributed by atoms with Gasteiger partial charge in [0.1, 0.15) is 5.52 Å². The molecule has 0 saturated carbocycles. The molecular formula is C12H19N5S. The van der Waals surface area contributed by atoms with E-state index < -0.39 is 0 Å². The van der Waals surface area contributed by atoms with Gasteiger partial charge in [0.15, 0.2) is 5.65 Å². The van der Waals surface area contributed by atoms with E-state index in [0.29, 0.717) is 12.0 Å². The third kappa shape index (κ3) is 1.70. The molecule has 0 atom stereocenters. The number of hydrogen-bond acceptors (Lipinski definition) is 4. The number of aryl methyl sites for hydroxylation is 2. The summed E-state index contributed by atoms with van der Waals surface area (Å²) in [5.41, 5.74) is 9.24. The molecule has 98 valence electrons. The fraction of sp³-hybridized carbons (Fsp3) is 0.667. The molecule has 1 saturated heterocycles. The lowest BCUT2D eigenvalue weighted by atomic mass is 10.1. The minimum atomic E-state index is 0.483. The summed E-state index contributed by atoms with van der Waals surface area (Å²) in [7, 11) is 1.98. The molecule has 3 rings (SSSR count). The summed E-state index contributed by atoms with van der Waals surface area (Å²) in [6.07, 6.45) is 3.24. The van der Waals surface area contributed by atoms with Crippen molar-refractivity contribution in [1.29, 1.82) is 0 Å². The number of nitrogen functional groups attached to an aromatic ring is 1. The fourth-order valence-corrected chi connectivity index (χ4v) is 3.84. The molecular weight excluding hydrogens is 246 g/mol. The van der Waals surface area contributed by atoms with E-state index in [9.17, 15) is 0 Å². The Morgan fingerprint density at radius 2 is 2.11 bits per heavy atom. The number of fused-ring (bicyclic) bond motifs is 1. The van der Waals surface area contributed by atoms with Gasteiger partial charge in [0.05, 0.1) is 5.69 Å². The number of hydrogen-bond donors (Lipinski definition) is 1. The largest absolute Gasteiger partial charge is 0.369 e. The molecule has 0 bridgehead atoms. The summed E-state index contributed by atoms with van der Waals surface area (Å²) in [5, 5.41) is 4.54. The van der Waals surface area contributed by atoms with E-state index >= 15 is 0 Å². The first-order valence-electron chi connectivity index (χ1n) is 6.49. The molecule has 0 aromatic carbocycles. The number of thioether (sulfide) groups is 1. The highest BCUT2D eigenvalue weighted by molar-refractivity contribution is 7.99. The summed E-state index contributed by atoms with van der Waals surface area (Å²) in [4.78, 5) is 4.53. The SMILES string of the molecule is CCc1nn(C)c2c1nc(N)n2C1CCSCC1. The van der Waals surface area contributed by atoms with Gasteiger partial charge >= 0.3 is 0 Å². The van der Waals surface area contributed by atoms with Gasteiger partial charge in [-0.05, 0) is 30.8 Å². The molecule has 0 amide bonds. The highest BCUT2D eigenvalue weighted by atomic mass is 32.2. The minimum absolute atomic E-state index is 0.483. The number of aromatic nitrogens is 4. The van der Waals surface area contributed by atoms with Crippen LogP contribution in [0.15, 0.2) is 0 Å². The van der Waals surface area contributed by atoms with Gasteiger partial charge in [-0.25, -0.2) is 4.98 Å². The van der Waals surface area contributed by atoms with Gasteiger partial charge in [0, 0.05) is 13.1 Å². The Kier molecular flexibility index (Phi) is 2.97. The lowest BCUT2D eigenvalue weighted by Gasteiger charge is -2.24. The van der Waals surface area contributed by atoms with E-state index in [1.807, 2.05) is 23.5 Å². The predicted octanol–water partition coefficient (Wildman–Crippen LogP) is 1.98. The van der Waals surface area contributed by atoms with Crippen LogP contribution in [0, 0.1) is 0 Å². The van der Waals surface area contributed by atoms with Gasteiger partial charge in [-0.2, -0.15) is 16.9 Å². The second kappa shape index (κ2) is 4.50. The van der Waals surface area contributed by atoms with Crippen LogP contribution in [0.25, 0.3) is 11.2 Å². The van der Waals surface area contributed by atoms with Crippen LogP contribution < -0.4 is 5.73 Å². The van der Waals surface area contributed by atoms with Crippen molar-refractivity contribution in [2.45, 2.75) is 32.2 Å². The second-order valence-corrected chi connectivity index (χ2v) is 6.00. The summed E-state index contributed by atoms with van der Waals surface area (Å²) in [5.74, 6) is 3.06. The van der Waals surface area contributed by atoms with E-state index in [1.165, 1.54) is 24.3 Å². The lowest BCUT2D eigenvalue weighted by Crippen LogP contribution is -2.18. The fourth-order valence-electron chi connectivity index (χ4n) is 2.76. The van der Waals surface area contributed by atoms with E-state index in [2.05, 4.69) is 21.6 Å². The molecule has 0 radical (unpaired) electrons. The van der Waals surface area contributed by atoms with Crippen molar-refractivity contribution in [3.8, 4) is 0 Å². The molecule has 6 heteroatoms. The van der Waals surface area contributed by atoms with Crippen molar-refractivity contribution in [2.75, 3.05) is 17.2 Å². The maximum atomic E-state index is 6.13. The van der Waals surface area contributed by atoms with Crippen molar-refractivity contribution < 1.29 is 0 Å². The maximum absolute atomic E-state index is 6.13. The molecule has 2 aromatic heterocycles. The van der Waals surface area contributed by atoms with Crippen molar-refractivity contribution >= 4 is 28.9 Å². The van der Waals surface area contributed by atoms with Gasteiger partial charge in [-0.15, -0.1) is 0 Å². The monoisotopic (exact) mass is 265 g/mol. The third-order valence-electron chi connectivity index (χ3n) is 3.65. The Labute approximate surface area is 111 Å². The van der Waals surface area contributed by atoms with Crippen LogP contribution in [0.2, 0.25) is 0 Å². The zero-order valence-electron chi connectivity index (χ0n) is 10.9. The van der Waals surface area contributed by atoms with Crippen LogP contribution in [0.3, 0.4) is 0 Å². The van der Waals surface area contributed by atoms with E-state index in [0.717, 1.165) is 23.3 Å². The summed E-state index contributed by atoms with van der Waals surface area (Å²) in [6, 6.07) is 0.483. The van der Waals surface area contributed by atoms with Crippen LogP contribution in [-0.4, -0.2) is 30.8 Å². The first-order chi connectivity index (χ1) is 8.72. The molecule has 3 heterocycles. The smallest absolute Gasteiger partial charge is 0.202 e. The number of nitrogens with zero attached hydrogens (tertiary/aromatic N) is 4. The highest BCUT2D eigenvalue weighted by Crippen LogP contribution is 2.33. The van der Waals surface area contributed by atoms with Gasteiger partial charge in [0.25, 0.3) is 0 Å². The van der Waals surface area contributed by atoms with E-state index in [-0.39, 0.29) is 0 Å². The Hall–Kier alpha value is -1.17. The molecule has 2 N–H and O–H groups in total. The Bertz CT molecular complexity index is 565. The number of rotatable bonds is 2. The van der Waals surface area contributed by atoms with Crippen LogP contribution in [0.1, 0.15) is 31.5 Å². The maximum Gasteiger partial charge on any atom is 0.202 e. The number of nitrogens with two attached hydrogens (primary N) is 1. The van der Waals surface area contributed by atoms with Crippen molar-refractivity contribution in [3.05, 3.63) is 5.69 Å². The Morgan fingerprint density at radius 1 is 1.39 bits per heavy atom. The minimum Gasteiger partial charge on any atom is -0.369 e. The molecule has 0 aliphatic carbocycles. The van der Waals surface area contributed by atoms with Crippen molar-refractivity contribution in [2.24, 2.45) is 7.05 Å². The average Bonchev–Trinajstić information content (AvgIpc) is 2.87. The molecule has 0 spiro atoms. The molecule has 1 aliphatic rings. The summed E-state index contributed by atoms with van der Waals surface area (Å²) >= 11 is 2.02. The Morgan fingerprint density at radius 3 is 2.78 bits per heavy atom. The van der Waals surface area contributed by atoms with E-state index in [4.69, 9.17) is 5.73 Å². The van der Waals surface area contributed by atoms with Crippen LogP contribution in [-0.2, 0) is 13.5 Å². The van der Waals surface area contributed by atoms with E-state index in [1.54, 1.807) is 0 Å². The number of anilines is 1. The van der Waals surface area contributed by atoms with Gasteiger partial charge in [0.2, 0.25) is 5.95 Å². The Balaban J connectivity index is 2.15. The zero-order chi connectivity index (χ0) is 12.7. The summed E-state index contributed by atoms with van der Waals surface area (Å²) < 4.78 is 4.13. The van der Waals surface area contributed by atoms with Crippen LogP contribution in [0.4, 0.5) is 5.95 Å². The first-order valence-corrected chi connectivity index (χ1v) is 7.64. The van der Waals surface area contributed by atoms with Crippen LogP contribution >= 0.6 is 11.8 Å². The molecule has 18 heavy (non-hydrogen) atoms. The average molecular weight is 265 g/mol. The summed E-state index contributed by atoms with van der Waals surface area (Å²) in [6.45, 7) is 2.11. The predicted molar refractivity (Wildman–Crippen MR) is 75.9 cm³/mol. The first kappa shape index (κ1) is 11.9. The van der Waals surface area contributed by atoms with Crippen LogP contribution in [0.5, 0.6) is 0 Å². The normalized spacial score (nSPS) is 17.7. The second-order valence-electron chi connectivity index (χ2n) is 4.78. The molecule has 0 unspecified atom stereocenters. The molecule has 1 aliphatic heterocycles. The van der Waals surface area contributed by atoms with Gasteiger partial charge in [-0.3, -0.25) is 9.25 Å². The third-order valence-corrected chi connectivity index (χ3v) is 4.70. The zero-order valence-corrected chi connectivity index (χ0v) is 11.7. The van der Waals surface area contributed by atoms with Gasteiger partial charge < -0.3 is 5.73 Å².